The van der Waals surface area contributed by atoms with Gasteiger partial charge in [-0.05, 0) is 37.1 Å². The maximum atomic E-state index is 13.2. The van der Waals surface area contributed by atoms with E-state index in [-0.39, 0.29) is 16.5 Å². The van der Waals surface area contributed by atoms with E-state index < -0.39 is 21.7 Å². The van der Waals surface area contributed by atoms with Gasteiger partial charge >= 0.3 is 0 Å². The molecule has 0 radical (unpaired) electrons. The summed E-state index contributed by atoms with van der Waals surface area (Å²) >= 11 is 0. The molecule has 28 heavy (non-hydrogen) atoms. The Balaban J connectivity index is 1.54. The van der Waals surface area contributed by atoms with Gasteiger partial charge in [-0.3, -0.25) is 9.52 Å². The summed E-state index contributed by atoms with van der Waals surface area (Å²) in [5.41, 5.74) is -0.212. The molecule has 0 saturated carbocycles. The van der Waals surface area contributed by atoms with E-state index in [1.807, 2.05) is 4.90 Å². The molecule has 2 aromatic rings. The van der Waals surface area contributed by atoms with Crippen molar-refractivity contribution in [2.24, 2.45) is 0 Å². The molecule has 3 rings (SSSR count). The molecule has 1 aliphatic heterocycles. The lowest BCUT2D eigenvalue weighted by Crippen LogP contribution is -2.27. The SMILES string of the molecule is O=C1CCCN1CCCNc1ccc(S(=O)(=O)Nc2cc(F)cc(F)c2)cn1. The second kappa shape index (κ2) is 8.51. The number of anilines is 2. The third kappa shape index (κ3) is 5.16. The molecule has 1 aliphatic rings. The second-order valence-corrected chi connectivity index (χ2v) is 8.09. The summed E-state index contributed by atoms with van der Waals surface area (Å²) in [5, 5.41) is 3.06. The average Bonchev–Trinajstić information content (AvgIpc) is 3.03. The van der Waals surface area contributed by atoms with Crippen LogP contribution in [0, 0.1) is 11.6 Å². The van der Waals surface area contributed by atoms with Gasteiger partial charge in [-0.15, -0.1) is 0 Å². The van der Waals surface area contributed by atoms with Gasteiger partial charge in [0.15, 0.2) is 0 Å². The molecule has 0 spiro atoms. The van der Waals surface area contributed by atoms with Gasteiger partial charge in [0.1, 0.15) is 22.3 Å². The van der Waals surface area contributed by atoms with Gasteiger partial charge in [0, 0.05) is 38.3 Å². The molecule has 2 N–H and O–H groups in total. The zero-order valence-electron chi connectivity index (χ0n) is 15.0. The summed E-state index contributed by atoms with van der Waals surface area (Å²) in [6, 6.07) is 5.27. The van der Waals surface area contributed by atoms with Crippen molar-refractivity contribution in [3.05, 3.63) is 48.2 Å². The molecule has 0 bridgehead atoms. The van der Waals surface area contributed by atoms with Crippen LogP contribution in [-0.4, -0.2) is 43.8 Å². The van der Waals surface area contributed by atoms with E-state index in [0.29, 0.717) is 31.4 Å². The van der Waals surface area contributed by atoms with Crippen molar-refractivity contribution in [1.82, 2.24) is 9.88 Å². The van der Waals surface area contributed by atoms with Gasteiger partial charge in [0.05, 0.1) is 5.69 Å². The van der Waals surface area contributed by atoms with E-state index in [0.717, 1.165) is 37.7 Å². The van der Waals surface area contributed by atoms with E-state index in [4.69, 9.17) is 0 Å². The van der Waals surface area contributed by atoms with Crippen molar-refractivity contribution in [3.63, 3.8) is 0 Å². The predicted molar refractivity (Wildman–Crippen MR) is 100 cm³/mol. The highest BCUT2D eigenvalue weighted by atomic mass is 32.2. The van der Waals surface area contributed by atoms with Gasteiger partial charge in [-0.2, -0.15) is 0 Å². The van der Waals surface area contributed by atoms with Crippen LogP contribution in [0.15, 0.2) is 41.4 Å². The Bertz CT molecular complexity index is 932. The van der Waals surface area contributed by atoms with Gasteiger partial charge in [-0.25, -0.2) is 22.2 Å². The zero-order chi connectivity index (χ0) is 20.1. The van der Waals surface area contributed by atoms with Crippen molar-refractivity contribution in [2.45, 2.75) is 24.2 Å². The smallest absolute Gasteiger partial charge is 0.263 e. The Morgan fingerprint density at radius 2 is 1.89 bits per heavy atom. The number of hydrogen-bond donors (Lipinski definition) is 2. The monoisotopic (exact) mass is 410 g/mol. The van der Waals surface area contributed by atoms with Crippen molar-refractivity contribution in [2.75, 3.05) is 29.7 Å². The topological polar surface area (TPSA) is 91.4 Å². The predicted octanol–water partition coefficient (Wildman–Crippen LogP) is 2.59. The number of nitrogens with one attached hydrogen (secondary N) is 2. The molecule has 10 heteroatoms. The Kier molecular flexibility index (Phi) is 6.08. The number of nitrogens with zero attached hydrogens (tertiary/aromatic N) is 2. The van der Waals surface area contributed by atoms with E-state index in [9.17, 15) is 22.0 Å². The number of halogens is 2. The first kappa shape index (κ1) is 20.0. The van der Waals surface area contributed by atoms with Gasteiger partial charge < -0.3 is 10.2 Å². The Morgan fingerprint density at radius 1 is 1.14 bits per heavy atom. The summed E-state index contributed by atoms with van der Waals surface area (Å²) in [7, 11) is -4.02. The Labute approximate surface area is 161 Å². The first-order valence-corrected chi connectivity index (χ1v) is 10.3. The molecule has 1 saturated heterocycles. The maximum absolute atomic E-state index is 13.2. The van der Waals surface area contributed by atoms with Crippen LogP contribution in [0.1, 0.15) is 19.3 Å². The number of benzene rings is 1. The number of carbonyl (C=O) groups is 1. The van der Waals surface area contributed by atoms with Crippen molar-refractivity contribution >= 4 is 27.4 Å². The number of aromatic nitrogens is 1. The highest BCUT2D eigenvalue weighted by molar-refractivity contribution is 7.92. The maximum Gasteiger partial charge on any atom is 0.263 e. The molecule has 2 heterocycles. The number of pyridine rings is 1. The van der Waals surface area contributed by atoms with Crippen molar-refractivity contribution < 1.29 is 22.0 Å². The fourth-order valence-electron chi connectivity index (χ4n) is 2.90. The first-order chi connectivity index (χ1) is 13.3. The van der Waals surface area contributed by atoms with E-state index in [2.05, 4.69) is 15.0 Å². The summed E-state index contributed by atoms with van der Waals surface area (Å²) < 4.78 is 53.2. The fraction of sp³-hybridized carbons (Fsp3) is 0.333. The molecule has 0 aliphatic carbocycles. The molecular weight excluding hydrogens is 390 g/mol. The molecule has 0 unspecified atom stereocenters. The van der Waals surface area contributed by atoms with E-state index in [1.54, 1.807) is 0 Å². The zero-order valence-corrected chi connectivity index (χ0v) is 15.8. The van der Waals surface area contributed by atoms with Crippen molar-refractivity contribution in [1.29, 1.82) is 0 Å². The molecule has 1 aromatic heterocycles. The summed E-state index contributed by atoms with van der Waals surface area (Å²) in [6.45, 7) is 2.06. The minimum absolute atomic E-state index is 0.134. The molecule has 1 amide bonds. The largest absolute Gasteiger partial charge is 0.370 e. The normalized spacial score (nSPS) is 14.4. The van der Waals surface area contributed by atoms with Crippen LogP contribution in [0.4, 0.5) is 20.3 Å². The minimum atomic E-state index is -4.02. The number of rotatable bonds is 8. The third-order valence-electron chi connectivity index (χ3n) is 4.24. The van der Waals surface area contributed by atoms with Gasteiger partial charge in [0.25, 0.3) is 10.0 Å². The van der Waals surface area contributed by atoms with Crippen LogP contribution in [0.25, 0.3) is 0 Å². The lowest BCUT2D eigenvalue weighted by atomic mass is 10.3. The highest BCUT2D eigenvalue weighted by Gasteiger charge is 2.19. The quantitative estimate of drug-likeness (QED) is 0.653. The summed E-state index contributed by atoms with van der Waals surface area (Å²) in [6.07, 6.45) is 3.42. The number of likely N-dealkylation sites (tertiary alicyclic amines) is 1. The summed E-state index contributed by atoms with van der Waals surface area (Å²) in [5.74, 6) is -1.10. The van der Waals surface area contributed by atoms with E-state index in [1.165, 1.54) is 12.1 Å². The summed E-state index contributed by atoms with van der Waals surface area (Å²) in [4.78, 5) is 17.3. The van der Waals surface area contributed by atoms with E-state index >= 15 is 0 Å². The molecule has 1 aromatic carbocycles. The third-order valence-corrected chi connectivity index (χ3v) is 5.61. The number of amides is 1. The number of sulfonamides is 1. The van der Waals surface area contributed by atoms with Gasteiger partial charge in [0.2, 0.25) is 5.91 Å². The Morgan fingerprint density at radius 3 is 2.50 bits per heavy atom. The number of carbonyl (C=O) groups excluding carboxylic acids is 1. The number of hydrogen-bond acceptors (Lipinski definition) is 5. The first-order valence-electron chi connectivity index (χ1n) is 8.80. The highest BCUT2D eigenvalue weighted by Crippen LogP contribution is 2.19. The molecule has 0 atom stereocenters. The molecule has 7 nitrogen and oxygen atoms in total. The van der Waals surface area contributed by atoms with Crippen LogP contribution in [0.2, 0.25) is 0 Å². The average molecular weight is 410 g/mol. The second-order valence-electron chi connectivity index (χ2n) is 6.41. The van der Waals surface area contributed by atoms with Crippen molar-refractivity contribution in [3.8, 4) is 0 Å². The Hall–Kier alpha value is -2.75. The van der Waals surface area contributed by atoms with Crippen LogP contribution in [-0.2, 0) is 14.8 Å². The van der Waals surface area contributed by atoms with Crippen LogP contribution in [0.5, 0.6) is 0 Å². The lowest BCUT2D eigenvalue weighted by Gasteiger charge is -2.15. The molecule has 1 fully saturated rings. The van der Waals surface area contributed by atoms with Gasteiger partial charge in [-0.1, -0.05) is 0 Å². The fourth-order valence-corrected chi connectivity index (χ4v) is 3.88. The standard InChI is InChI=1S/C18H20F2N4O3S/c19-13-9-14(20)11-15(10-13)23-28(26,27)16-4-5-17(22-12-16)21-6-2-8-24-7-1-3-18(24)25/h4-5,9-12,23H,1-3,6-8H2,(H,21,22). The molecular formula is C18H20F2N4O3S. The van der Waals surface area contributed by atoms with Crippen LogP contribution >= 0.6 is 0 Å². The van der Waals surface area contributed by atoms with Crippen LogP contribution < -0.4 is 10.0 Å². The molecule has 150 valence electrons. The van der Waals surface area contributed by atoms with Crippen LogP contribution in [0.3, 0.4) is 0 Å². The lowest BCUT2D eigenvalue weighted by molar-refractivity contribution is -0.127. The minimum Gasteiger partial charge on any atom is -0.370 e.